The largest absolute Gasteiger partial charge is 0.382 e. The molecule has 1 unspecified atom stereocenters. The summed E-state index contributed by atoms with van der Waals surface area (Å²) in [6.45, 7) is 3.55. The summed E-state index contributed by atoms with van der Waals surface area (Å²) in [4.78, 5) is 12.5. The minimum Gasteiger partial charge on any atom is -0.382 e. The number of amides is 1. The van der Waals surface area contributed by atoms with Crippen molar-refractivity contribution in [2.45, 2.75) is 13.0 Å². The van der Waals surface area contributed by atoms with E-state index >= 15 is 0 Å². The zero-order chi connectivity index (χ0) is 14.8. The molecule has 2 aromatic rings. The molecule has 110 valence electrons. The molecule has 1 atom stereocenters. The van der Waals surface area contributed by atoms with Gasteiger partial charge >= 0.3 is 0 Å². The van der Waals surface area contributed by atoms with Crippen molar-refractivity contribution in [1.29, 1.82) is 0 Å². The standard InChI is InChI=1S/C14H18N6O/c1-9(13-19-17-8-20(13)2)18-14(21)10-4-3-5-11-12(10)16-7-6-15-11/h3-5,8-9,15-16H,6-7H2,1-2H3,(H,18,21). The molecule has 0 saturated heterocycles. The van der Waals surface area contributed by atoms with Gasteiger partial charge in [0.05, 0.1) is 23.0 Å². The van der Waals surface area contributed by atoms with Crippen LogP contribution in [-0.2, 0) is 7.05 Å². The number of nitrogens with zero attached hydrogens (tertiary/aromatic N) is 3. The third-order valence-electron chi connectivity index (χ3n) is 3.53. The maximum Gasteiger partial charge on any atom is 0.254 e. The van der Waals surface area contributed by atoms with Crippen molar-refractivity contribution in [2.24, 2.45) is 7.05 Å². The van der Waals surface area contributed by atoms with Crippen LogP contribution in [0, 0.1) is 0 Å². The second kappa shape index (κ2) is 5.43. The lowest BCUT2D eigenvalue weighted by atomic mass is 10.1. The predicted molar refractivity (Wildman–Crippen MR) is 80.3 cm³/mol. The van der Waals surface area contributed by atoms with Gasteiger partial charge in [-0.15, -0.1) is 10.2 Å². The van der Waals surface area contributed by atoms with Gasteiger partial charge in [-0.3, -0.25) is 4.79 Å². The van der Waals surface area contributed by atoms with Crippen molar-refractivity contribution in [1.82, 2.24) is 20.1 Å². The molecule has 0 bridgehead atoms. The number of carbonyl (C=O) groups is 1. The van der Waals surface area contributed by atoms with Crippen LogP contribution in [0.3, 0.4) is 0 Å². The monoisotopic (exact) mass is 286 g/mol. The number of carbonyl (C=O) groups excluding carboxylic acids is 1. The lowest BCUT2D eigenvalue weighted by molar-refractivity contribution is 0.0938. The van der Waals surface area contributed by atoms with E-state index in [-0.39, 0.29) is 11.9 Å². The van der Waals surface area contributed by atoms with E-state index < -0.39 is 0 Å². The normalized spacial score (nSPS) is 14.6. The number of fused-ring (bicyclic) bond motifs is 1. The van der Waals surface area contributed by atoms with E-state index in [2.05, 4.69) is 26.1 Å². The predicted octanol–water partition coefficient (Wildman–Crippen LogP) is 1.14. The number of nitrogens with one attached hydrogen (secondary N) is 3. The molecule has 1 aromatic heterocycles. The minimum atomic E-state index is -0.211. The highest BCUT2D eigenvalue weighted by atomic mass is 16.1. The van der Waals surface area contributed by atoms with Gasteiger partial charge < -0.3 is 20.5 Å². The van der Waals surface area contributed by atoms with E-state index in [1.807, 2.05) is 32.2 Å². The SMILES string of the molecule is CC(NC(=O)c1cccc2c1NCCN2)c1nncn1C. The van der Waals surface area contributed by atoms with Gasteiger partial charge in [0, 0.05) is 20.1 Å². The molecular formula is C14H18N6O. The van der Waals surface area contributed by atoms with Gasteiger partial charge in [0.1, 0.15) is 6.33 Å². The Balaban J connectivity index is 1.81. The van der Waals surface area contributed by atoms with Crippen LogP contribution in [0.1, 0.15) is 29.1 Å². The smallest absolute Gasteiger partial charge is 0.254 e. The number of aromatic nitrogens is 3. The average Bonchev–Trinajstić information content (AvgIpc) is 2.92. The van der Waals surface area contributed by atoms with Crippen LogP contribution in [-0.4, -0.2) is 33.8 Å². The van der Waals surface area contributed by atoms with Crippen molar-refractivity contribution in [2.75, 3.05) is 23.7 Å². The number of para-hydroxylation sites is 1. The molecule has 0 radical (unpaired) electrons. The Hall–Kier alpha value is -2.57. The highest BCUT2D eigenvalue weighted by molar-refractivity contribution is 6.02. The van der Waals surface area contributed by atoms with Crippen LogP contribution in [0.4, 0.5) is 11.4 Å². The third-order valence-corrected chi connectivity index (χ3v) is 3.53. The summed E-state index contributed by atoms with van der Waals surface area (Å²) in [5.74, 6) is 0.595. The molecule has 1 aromatic carbocycles. The van der Waals surface area contributed by atoms with Crippen molar-refractivity contribution >= 4 is 17.3 Å². The molecule has 1 aliphatic rings. The summed E-state index contributed by atoms with van der Waals surface area (Å²) in [7, 11) is 1.86. The molecule has 2 heterocycles. The fraction of sp³-hybridized carbons (Fsp3) is 0.357. The molecule has 3 rings (SSSR count). The summed E-state index contributed by atoms with van der Waals surface area (Å²) >= 11 is 0. The first-order valence-electron chi connectivity index (χ1n) is 6.92. The number of anilines is 2. The molecule has 0 aliphatic carbocycles. The fourth-order valence-electron chi connectivity index (χ4n) is 2.49. The van der Waals surface area contributed by atoms with Gasteiger partial charge in [0.2, 0.25) is 0 Å². The number of rotatable bonds is 3. The Labute approximate surface area is 122 Å². The highest BCUT2D eigenvalue weighted by Crippen LogP contribution is 2.28. The number of benzene rings is 1. The van der Waals surface area contributed by atoms with Gasteiger partial charge in [0.25, 0.3) is 5.91 Å². The second-order valence-corrected chi connectivity index (χ2v) is 5.08. The molecule has 7 heteroatoms. The Morgan fingerprint density at radius 3 is 2.95 bits per heavy atom. The zero-order valence-electron chi connectivity index (χ0n) is 12.1. The van der Waals surface area contributed by atoms with Crippen molar-refractivity contribution in [3.63, 3.8) is 0 Å². The van der Waals surface area contributed by atoms with Gasteiger partial charge in [-0.1, -0.05) is 6.07 Å². The van der Waals surface area contributed by atoms with Crippen molar-refractivity contribution < 1.29 is 4.79 Å². The Kier molecular flexibility index (Phi) is 3.47. The second-order valence-electron chi connectivity index (χ2n) is 5.08. The van der Waals surface area contributed by atoms with Crippen LogP contribution < -0.4 is 16.0 Å². The summed E-state index contributed by atoms with van der Waals surface area (Å²) in [5, 5.41) is 17.4. The highest BCUT2D eigenvalue weighted by Gasteiger charge is 2.20. The molecule has 1 aliphatic heterocycles. The van der Waals surface area contributed by atoms with Gasteiger partial charge in [-0.2, -0.15) is 0 Å². The van der Waals surface area contributed by atoms with Crippen LogP contribution in [0.15, 0.2) is 24.5 Å². The van der Waals surface area contributed by atoms with Crippen LogP contribution >= 0.6 is 0 Å². The van der Waals surface area contributed by atoms with E-state index in [1.165, 1.54) is 0 Å². The minimum absolute atomic E-state index is 0.126. The summed E-state index contributed by atoms with van der Waals surface area (Å²) in [6.07, 6.45) is 1.62. The molecule has 7 nitrogen and oxygen atoms in total. The first-order valence-corrected chi connectivity index (χ1v) is 6.92. The van der Waals surface area contributed by atoms with E-state index in [0.29, 0.717) is 5.56 Å². The van der Waals surface area contributed by atoms with E-state index in [9.17, 15) is 4.79 Å². The molecule has 0 saturated carbocycles. The van der Waals surface area contributed by atoms with Gasteiger partial charge in [-0.05, 0) is 19.1 Å². The Morgan fingerprint density at radius 2 is 2.19 bits per heavy atom. The quantitative estimate of drug-likeness (QED) is 0.788. The van der Waals surface area contributed by atoms with Gasteiger partial charge in [-0.25, -0.2) is 0 Å². The van der Waals surface area contributed by atoms with Crippen molar-refractivity contribution in [3.8, 4) is 0 Å². The van der Waals surface area contributed by atoms with E-state index in [4.69, 9.17) is 0 Å². The van der Waals surface area contributed by atoms with Crippen LogP contribution in [0.25, 0.3) is 0 Å². The summed E-state index contributed by atoms with van der Waals surface area (Å²) in [5.41, 5.74) is 2.44. The van der Waals surface area contributed by atoms with E-state index in [1.54, 1.807) is 10.9 Å². The zero-order valence-corrected chi connectivity index (χ0v) is 12.1. The molecular weight excluding hydrogens is 268 g/mol. The number of aryl methyl sites for hydroxylation is 1. The first-order chi connectivity index (χ1) is 10.2. The third kappa shape index (κ3) is 2.54. The number of hydrogen-bond donors (Lipinski definition) is 3. The summed E-state index contributed by atoms with van der Waals surface area (Å²) in [6, 6.07) is 5.44. The number of hydrogen-bond acceptors (Lipinski definition) is 5. The Bertz CT molecular complexity index is 665. The lowest BCUT2D eigenvalue weighted by Gasteiger charge is -2.23. The maximum absolute atomic E-state index is 12.5. The Morgan fingerprint density at radius 1 is 1.38 bits per heavy atom. The average molecular weight is 286 g/mol. The maximum atomic E-state index is 12.5. The van der Waals surface area contributed by atoms with Crippen LogP contribution in [0.5, 0.6) is 0 Å². The first kappa shape index (κ1) is 13.4. The molecule has 0 spiro atoms. The van der Waals surface area contributed by atoms with Crippen molar-refractivity contribution in [3.05, 3.63) is 35.9 Å². The topological polar surface area (TPSA) is 83.9 Å². The lowest BCUT2D eigenvalue weighted by Crippen LogP contribution is -2.30. The molecule has 21 heavy (non-hydrogen) atoms. The summed E-state index contributed by atoms with van der Waals surface area (Å²) < 4.78 is 1.80. The van der Waals surface area contributed by atoms with Gasteiger partial charge in [0.15, 0.2) is 5.82 Å². The molecule has 3 N–H and O–H groups in total. The van der Waals surface area contributed by atoms with Crippen LogP contribution in [0.2, 0.25) is 0 Å². The van der Waals surface area contributed by atoms with E-state index in [0.717, 1.165) is 30.3 Å². The fourth-order valence-corrected chi connectivity index (χ4v) is 2.49. The molecule has 0 fully saturated rings. The molecule has 1 amide bonds.